The van der Waals surface area contributed by atoms with Crippen molar-refractivity contribution in [1.82, 2.24) is 9.97 Å². The Morgan fingerprint density at radius 2 is 1.94 bits per heavy atom. The van der Waals surface area contributed by atoms with Crippen molar-refractivity contribution in [2.24, 2.45) is 0 Å². The molecule has 6 rings (SSSR count). The number of aromatic nitrogens is 2. The molecule has 0 radical (unpaired) electrons. The standard InChI is InChI=1S/C23H27ClN4O2S/c24-15-2-4-16(5-3-15)28-10-6-14(7-11-28)21-25-19-17-12-18(17)31(30)20(19)22(26-21)27-23(13-29)8-1-9-23/h2-5,14,17-18,29H,1,6-13H2,(H,25,26,27)/t17?,18?,31-/m0/s1. The number of aliphatic hydroxyl groups excluding tert-OH is 1. The zero-order valence-electron chi connectivity index (χ0n) is 17.4. The van der Waals surface area contributed by atoms with E-state index in [-0.39, 0.29) is 17.4 Å². The largest absolute Gasteiger partial charge is 0.394 e. The van der Waals surface area contributed by atoms with Gasteiger partial charge in [-0.05, 0) is 62.8 Å². The molecule has 164 valence electrons. The van der Waals surface area contributed by atoms with Gasteiger partial charge >= 0.3 is 0 Å². The topological polar surface area (TPSA) is 78.3 Å². The van der Waals surface area contributed by atoms with Crippen LogP contribution in [0.15, 0.2) is 29.2 Å². The van der Waals surface area contributed by atoms with Gasteiger partial charge in [0.1, 0.15) is 16.5 Å². The van der Waals surface area contributed by atoms with Gasteiger partial charge in [0.05, 0.1) is 28.6 Å². The molecule has 0 spiro atoms. The van der Waals surface area contributed by atoms with E-state index in [9.17, 15) is 9.32 Å². The fourth-order valence-corrected chi connectivity index (χ4v) is 7.20. The Labute approximate surface area is 189 Å². The highest BCUT2D eigenvalue weighted by atomic mass is 35.5. The molecule has 2 N–H and O–H groups in total. The molecule has 2 aliphatic carbocycles. The second kappa shape index (κ2) is 7.42. The van der Waals surface area contributed by atoms with E-state index < -0.39 is 10.8 Å². The summed E-state index contributed by atoms with van der Waals surface area (Å²) in [7, 11) is -1.03. The van der Waals surface area contributed by atoms with Crippen molar-refractivity contribution in [3.63, 3.8) is 0 Å². The van der Waals surface area contributed by atoms with Crippen LogP contribution in [0.4, 0.5) is 11.5 Å². The van der Waals surface area contributed by atoms with Crippen LogP contribution in [-0.2, 0) is 10.8 Å². The van der Waals surface area contributed by atoms with Crippen molar-refractivity contribution in [1.29, 1.82) is 0 Å². The molecule has 2 aliphatic heterocycles. The van der Waals surface area contributed by atoms with Gasteiger partial charge in [0.15, 0.2) is 0 Å². The minimum absolute atomic E-state index is 0.0834. The molecular formula is C23H27ClN4O2S. The van der Waals surface area contributed by atoms with Gasteiger partial charge in [0, 0.05) is 40.9 Å². The smallest absolute Gasteiger partial charge is 0.146 e. The predicted octanol–water partition coefficient (Wildman–Crippen LogP) is 3.82. The van der Waals surface area contributed by atoms with E-state index >= 15 is 0 Å². The lowest BCUT2D eigenvalue weighted by atomic mass is 9.77. The number of anilines is 2. The van der Waals surface area contributed by atoms with E-state index in [1.54, 1.807) is 0 Å². The molecule has 3 atom stereocenters. The quantitative estimate of drug-likeness (QED) is 0.709. The fourth-order valence-electron chi connectivity index (χ4n) is 5.28. The van der Waals surface area contributed by atoms with Crippen LogP contribution in [0.25, 0.3) is 0 Å². The van der Waals surface area contributed by atoms with Crippen molar-refractivity contribution >= 4 is 33.9 Å². The summed E-state index contributed by atoms with van der Waals surface area (Å²) in [6, 6.07) is 8.03. The monoisotopic (exact) mass is 458 g/mol. The minimum atomic E-state index is -1.03. The van der Waals surface area contributed by atoms with Crippen LogP contribution >= 0.6 is 11.6 Å². The Hall–Kier alpha value is -1.70. The molecule has 2 aromatic rings. The van der Waals surface area contributed by atoms with Gasteiger partial charge in [-0.15, -0.1) is 0 Å². The lowest BCUT2D eigenvalue weighted by molar-refractivity contribution is 0.143. The average molecular weight is 459 g/mol. The summed E-state index contributed by atoms with van der Waals surface area (Å²) in [5.74, 6) is 2.24. The third kappa shape index (κ3) is 3.36. The van der Waals surface area contributed by atoms with Crippen LogP contribution in [0.2, 0.25) is 5.02 Å². The lowest BCUT2D eigenvalue weighted by Gasteiger charge is -2.42. The first kappa shape index (κ1) is 19.9. The van der Waals surface area contributed by atoms with E-state index in [0.29, 0.717) is 11.8 Å². The van der Waals surface area contributed by atoms with Crippen LogP contribution in [0.5, 0.6) is 0 Å². The van der Waals surface area contributed by atoms with Gasteiger partial charge < -0.3 is 15.3 Å². The summed E-state index contributed by atoms with van der Waals surface area (Å²) in [5.41, 5.74) is 1.89. The average Bonchev–Trinajstić information content (AvgIpc) is 3.52. The van der Waals surface area contributed by atoms with Gasteiger partial charge in [0.2, 0.25) is 0 Å². The highest BCUT2D eigenvalue weighted by molar-refractivity contribution is 7.86. The lowest BCUT2D eigenvalue weighted by Crippen LogP contribution is -2.48. The molecule has 6 nitrogen and oxygen atoms in total. The SMILES string of the molecule is O=[S@@]1c2c(NC3(CO)CCC3)nc(C3CCN(c4ccc(Cl)cc4)CC3)nc2C2CC21. The maximum absolute atomic E-state index is 13.0. The fraction of sp³-hybridized carbons (Fsp3) is 0.565. The summed E-state index contributed by atoms with van der Waals surface area (Å²) < 4.78 is 13.0. The molecule has 1 aromatic carbocycles. The molecule has 1 saturated heterocycles. The Morgan fingerprint density at radius 3 is 2.58 bits per heavy atom. The normalized spacial score (nSPS) is 28.6. The van der Waals surface area contributed by atoms with Gasteiger partial charge in [-0.1, -0.05) is 11.6 Å². The summed E-state index contributed by atoms with van der Waals surface area (Å²) >= 11 is 6.03. The number of piperidine rings is 1. The summed E-state index contributed by atoms with van der Waals surface area (Å²) in [5, 5.41) is 14.4. The number of aliphatic hydroxyl groups is 1. The first-order chi connectivity index (χ1) is 15.1. The Balaban J connectivity index is 1.26. The molecule has 8 heteroatoms. The first-order valence-electron chi connectivity index (χ1n) is 11.3. The zero-order chi connectivity index (χ0) is 21.2. The number of hydrogen-bond donors (Lipinski definition) is 2. The van der Waals surface area contributed by atoms with Crippen LogP contribution in [0, 0.1) is 0 Å². The second-order valence-electron chi connectivity index (χ2n) is 9.48. The van der Waals surface area contributed by atoms with Gasteiger partial charge in [-0.2, -0.15) is 0 Å². The number of benzene rings is 1. The molecule has 4 aliphatic rings. The van der Waals surface area contributed by atoms with E-state index in [1.165, 1.54) is 5.69 Å². The van der Waals surface area contributed by atoms with Crippen LogP contribution < -0.4 is 10.2 Å². The molecule has 3 heterocycles. The predicted molar refractivity (Wildman–Crippen MR) is 123 cm³/mol. The molecule has 2 unspecified atom stereocenters. The Morgan fingerprint density at radius 1 is 1.19 bits per heavy atom. The van der Waals surface area contributed by atoms with Crippen LogP contribution in [0.3, 0.4) is 0 Å². The third-order valence-electron chi connectivity index (χ3n) is 7.52. The van der Waals surface area contributed by atoms with E-state index in [2.05, 4.69) is 22.3 Å². The van der Waals surface area contributed by atoms with Crippen LogP contribution in [0.1, 0.15) is 61.9 Å². The molecule has 0 amide bonds. The number of hydrogen-bond acceptors (Lipinski definition) is 6. The molecule has 3 fully saturated rings. The van der Waals surface area contributed by atoms with Gasteiger partial charge in [-0.3, -0.25) is 4.21 Å². The van der Waals surface area contributed by atoms with Crippen molar-refractivity contribution in [2.75, 3.05) is 29.9 Å². The first-order valence-corrected chi connectivity index (χ1v) is 12.9. The molecule has 31 heavy (non-hydrogen) atoms. The maximum atomic E-state index is 13.0. The molecule has 1 aromatic heterocycles. The number of nitrogens with one attached hydrogen (secondary N) is 1. The minimum Gasteiger partial charge on any atom is -0.394 e. The second-order valence-corrected chi connectivity index (χ2v) is 11.5. The van der Waals surface area contributed by atoms with Gasteiger partial charge in [0.25, 0.3) is 0 Å². The number of fused-ring (bicyclic) bond motifs is 3. The van der Waals surface area contributed by atoms with E-state index in [0.717, 1.165) is 78.9 Å². The van der Waals surface area contributed by atoms with Crippen molar-refractivity contribution in [3.8, 4) is 0 Å². The summed E-state index contributed by atoms with van der Waals surface area (Å²) in [4.78, 5) is 13.1. The Bertz CT molecular complexity index is 1030. The highest BCUT2D eigenvalue weighted by Crippen LogP contribution is 2.56. The maximum Gasteiger partial charge on any atom is 0.146 e. The third-order valence-corrected chi connectivity index (χ3v) is 9.64. The number of halogens is 1. The van der Waals surface area contributed by atoms with Crippen molar-refractivity contribution in [2.45, 2.75) is 66.0 Å². The van der Waals surface area contributed by atoms with E-state index in [4.69, 9.17) is 21.6 Å². The summed E-state index contributed by atoms with van der Waals surface area (Å²) in [6.07, 6.45) is 5.92. The van der Waals surface area contributed by atoms with Gasteiger partial charge in [-0.25, -0.2) is 9.97 Å². The number of rotatable bonds is 5. The Kier molecular flexibility index (Phi) is 4.78. The van der Waals surface area contributed by atoms with Crippen molar-refractivity contribution in [3.05, 3.63) is 40.8 Å². The zero-order valence-corrected chi connectivity index (χ0v) is 19.0. The molecule has 0 bridgehead atoms. The van der Waals surface area contributed by atoms with Crippen LogP contribution in [-0.4, -0.2) is 49.8 Å². The summed E-state index contributed by atoms with van der Waals surface area (Å²) in [6.45, 7) is 1.99. The molecule has 2 saturated carbocycles. The van der Waals surface area contributed by atoms with Crippen molar-refractivity contribution < 1.29 is 9.32 Å². The highest BCUT2D eigenvalue weighted by Gasteiger charge is 2.54. The molecular weight excluding hydrogens is 432 g/mol. The van der Waals surface area contributed by atoms with E-state index in [1.807, 2.05) is 12.1 Å². The number of nitrogens with zero attached hydrogens (tertiary/aromatic N) is 3.